The van der Waals surface area contributed by atoms with Crippen molar-refractivity contribution in [1.82, 2.24) is 0 Å². The second-order valence-corrected chi connectivity index (χ2v) is 62.9. The zero-order valence-electron chi connectivity index (χ0n) is 25.0. The van der Waals surface area contributed by atoms with E-state index in [2.05, 4.69) is 125 Å². The summed E-state index contributed by atoms with van der Waals surface area (Å²) in [5.41, 5.74) is 8.29. The van der Waals surface area contributed by atoms with E-state index in [-0.39, 0.29) is 0 Å². The monoisotopic (exact) mass is 678 g/mol. The van der Waals surface area contributed by atoms with Crippen molar-refractivity contribution in [2.24, 2.45) is 0 Å². The van der Waals surface area contributed by atoms with Gasteiger partial charge in [-0.1, -0.05) is 0 Å². The van der Waals surface area contributed by atoms with Gasteiger partial charge in [-0.05, 0) is 0 Å². The van der Waals surface area contributed by atoms with Gasteiger partial charge in [-0.25, -0.2) is 0 Å². The van der Waals surface area contributed by atoms with Crippen LogP contribution < -0.4 is 0 Å². The van der Waals surface area contributed by atoms with E-state index in [0.29, 0.717) is 0 Å². The molecule has 199 valence electrons. The first kappa shape index (κ1) is 33.0. The minimum absolute atomic E-state index is 0.921. The Morgan fingerprint density at radius 2 is 0.355 bits per heavy atom. The van der Waals surface area contributed by atoms with Crippen molar-refractivity contribution in [3.8, 4) is 0 Å². The Hall–Kier alpha value is 1.98. The van der Waals surface area contributed by atoms with E-state index >= 15 is 0 Å². The van der Waals surface area contributed by atoms with E-state index in [4.69, 9.17) is 0 Å². The van der Waals surface area contributed by atoms with Gasteiger partial charge in [-0.3, -0.25) is 0 Å². The molecular weight excluding hydrogens is 612 g/mol. The van der Waals surface area contributed by atoms with Crippen molar-refractivity contribution in [1.29, 1.82) is 0 Å². The molecule has 0 atom stereocenters. The fourth-order valence-corrected chi connectivity index (χ4v) is 191. The average molecular weight is 679 g/mol. The third-order valence-electron chi connectivity index (χ3n) is 8.46. The van der Waals surface area contributed by atoms with Gasteiger partial charge in [-0.2, -0.15) is 0 Å². The molecule has 0 rings (SSSR count). The molecule has 0 aliphatic heterocycles. The van der Waals surface area contributed by atoms with Gasteiger partial charge >= 0.3 is 207 Å². The third-order valence-corrected chi connectivity index (χ3v) is 119. The third kappa shape index (κ3) is 5.25. The molecule has 0 aromatic carbocycles. The summed E-state index contributed by atoms with van der Waals surface area (Å²) >= 11 is -1.38. The number of hydrogen-bond donors (Lipinski definition) is 0. The summed E-state index contributed by atoms with van der Waals surface area (Å²) in [6.45, 7) is 48.4. The molecule has 0 aromatic rings. The van der Waals surface area contributed by atoms with Crippen molar-refractivity contribution < 1.29 is 15.8 Å². The second kappa shape index (κ2) is 12.3. The maximum absolute atomic E-state index is 2.69. The summed E-state index contributed by atoms with van der Waals surface area (Å²) < 4.78 is 0. The normalized spacial score (nSPS) is 16.9. The molecule has 0 saturated carbocycles. The van der Waals surface area contributed by atoms with Crippen LogP contribution >= 0.6 is 16.1 Å². The Morgan fingerprint density at radius 3 is 0.419 bits per heavy atom. The molecule has 0 radical (unpaired) electrons. The molecule has 0 heterocycles. The Bertz CT molecular complexity index is 391. The van der Waals surface area contributed by atoms with Crippen LogP contribution in [-0.2, 0) is 15.8 Å². The second-order valence-electron chi connectivity index (χ2n) is 13.0. The van der Waals surface area contributed by atoms with Gasteiger partial charge in [0.15, 0.2) is 0 Å². The summed E-state index contributed by atoms with van der Waals surface area (Å²) in [6.07, 6.45) is 0. The summed E-state index contributed by atoms with van der Waals surface area (Å²) in [5.74, 6) is 0. The van der Waals surface area contributed by atoms with Crippen molar-refractivity contribution in [2.45, 2.75) is 176 Å². The Balaban J connectivity index is 8.22. The first-order chi connectivity index (χ1) is 13.9. The molecule has 0 nitrogen and oxygen atoms in total. The van der Waals surface area contributed by atoms with Crippen LogP contribution in [0.4, 0.5) is 0 Å². The molecule has 0 spiro atoms. The molecule has 0 unspecified atom stereocenters. The summed E-state index contributed by atoms with van der Waals surface area (Å²) in [7, 11) is 0. The Kier molecular flexibility index (Phi) is 13.1. The first-order valence-corrected chi connectivity index (χ1v) is 29.8. The molecule has 0 N–H and O–H groups in total. The summed E-state index contributed by atoms with van der Waals surface area (Å²) in [5, 5.41) is -4.57. The van der Waals surface area contributed by atoms with Crippen molar-refractivity contribution in [2.75, 3.05) is 0 Å². The van der Waals surface area contributed by atoms with Crippen LogP contribution in [0, 0.1) is 0 Å². The van der Waals surface area contributed by atoms with Gasteiger partial charge in [0.05, 0.1) is 0 Å². The topological polar surface area (TPSA) is 0 Å². The van der Waals surface area contributed by atoms with Gasteiger partial charge < -0.3 is 0 Å². The fourth-order valence-electron chi connectivity index (χ4n) is 8.35. The first-order valence-electron chi connectivity index (χ1n) is 13.5. The molecule has 0 aliphatic rings. The van der Waals surface area contributed by atoms with E-state index in [1.54, 1.807) is 0 Å². The van der Waals surface area contributed by atoms with Gasteiger partial charge in [0, 0.05) is 0 Å². The van der Waals surface area contributed by atoms with E-state index in [9.17, 15) is 0 Å². The van der Waals surface area contributed by atoms with Crippen molar-refractivity contribution in [3.05, 3.63) is 0 Å². The van der Waals surface area contributed by atoms with Crippen LogP contribution in [0.15, 0.2) is 0 Å². The van der Waals surface area contributed by atoms with Crippen molar-refractivity contribution in [3.63, 3.8) is 0 Å². The van der Waals surface area contributed by atoms with Crippen LogP contribution in [0.25, 0.3) is 0 Å². The zero-order chi connectivity index (χ0) is 25.3. The van der Waals surface area contributed by atoms with Gasteiger partial charge in [-0.15, -0.1) is 0 Å². The van der Waals surface area contributed by atoms with Crippen LogP contribution in [0.1, 0.15) is 125 Å². The number of hydrogen-bond acceptors (Lipinski definition) is 0. The van der Waals surface area contributed by atoms with E-state index in [1.165, 1.54) is 0 Å². The molecular formula is C27H66P3Pt. The van der Waals surface area contributed by atoms with Gasteiger partial charge in [0.25, 0.3) is 0 Å². The summed E-state index contributed by atoms with van der Waals surface area (Å²) in [4.78, 5) is 0. The summed E-state index contributed by atoms with van der Waals surface area (Å²) in [6, 6.07) is 0. The van der Waals surface area contributed by atoms with E-state index in [1.807, 2.05) is 0 Å². The molecule has 0 amide bonds. The molecule has 0 aromatic heterocycles. The van der Waals surface area contributed by atoms with E-state index < -0.39 is 31.9 Å². The molecule has 0 saturated heterocycles. The Labute approximate surface area is 206 Å². The maximum atomic E-state index is 2.69. The molecule has 0 aliphatic carbocycles. The van der Waals surface area contributed by atoms with Crippen molar-refractivity contribution >= 4 is 16.1 Å². The standard InChI is InChI=1S/3C9H21P.Pt/c3*1-7(2)10(8(3)4)9(5)6;/h3*7-9H,1-6H3;/q;;;-3/p+3. The predicted octanol–water partition coefficient (Wildman–Crippen LogP) is 10.3. The SMILES string of the molecule is CC(C)[PH](C(C)C)(C(C)C)[Pt]([PH](C(C)C)(C(C)C)C(C)C)[PH](C(C)C)(C(C)C)C(C)C. The molecule has 4 heteroatoms. The molecule has 31 heavy (non-hydrogen) atoms. The average Bonchev–Trinajstić information content (AvgIpc) is 2.52. The van der Waals surface area contributed by atoms with Gasteiger partial charge in [0.1, 0.15) is 0 Å². The number of rotatable bonds is 12. The van der Waals surface area contributed by atoms with Crippen LogP contribution in [0.5, 0.6) is 0 Å². The van der Waals surface area contributed by atoms with Crippen LogP contribution in [0.2, 0.25) is 0 Å². The Morgan fingerprint density at radius 1 is 0.258 bits per heavy atom. The quantitative estimate of drug-likeness (QED) is 0.180. The molecule has 0 bridgehead atoms. The van der Waals surface area contributed by atoms with Gasteiger partial charge in [0.2, 0.25) is 0 Å². The predicted molar refractivity (Wildman–Crippen MR) is 161 cm³/mol. The molecule has 0 fully saturated rings. The fraction of sp³-hybridized carbons (Fsp3) is 1.00. The van der Waals surface area contributed by atoms with E-state index in [0.717, 1.165) is 50.9 Å². The minimum atomic E-state index is -1.52. The van der Waals surface area contributed by atoms with Crippen LogP contribution in [0.3, 0.4) is 0 Å². The zero-order valence-corrected chi connectivity index (χ0v) is 30.3. The van der Waals surface area contributed by atoms with Crippen LogP contribution in [-0.4, -0.2) is 50.9 Å².